The van der Waals surface area contributed by atoms with Gasteiger partial charge >= 0.3 is 0 Å². The van der Waals surface area contributed by atoms with E-state index in [0.29, 0.717) is 6.54 Å². The normalized spacial score (nSPS) is 9.42. The van der Waals surface area contributed by atoms with Gasteiger partial charge < -0.3 is 0 Å². The van der Waals surface area contributed by atoms with Crippen molar-refractivity contribution in [1.29, 1.82) is 0 Å². The number of nitroso groups, excluding NO2 is 1. The Morgan fingerprint density at radius 1 is 1.33 bits per heavy atom. The number of hydrogen-bond donors (Lipinski definition) is 1. The van der Waals surface area contributed by atoms with Crippen LogP contribution in [0, 0.1) is 4.91 Å². The quantitative estimate of drug-likeness (QED) is 0.488. The highest BCUT2D eigenvalue weighted by Crippen LogP contribution is 2.10. The molecular weight excluding hydrogens is 220 g/mol. The summed E-state index contributed by atoms with van der Waals surface area (Å²) in [5, 5.41) is 2.56. The molecule has 0 saturated carbocycles. The molecule has 1 rings (SSSR count). The second-order valence-corrected chi connectivity index (χ2v) is 3.29. The summed E-state index contributed by atoms with van der Waals surface area (Å²) < 4.78 is 1.06. The smallest absolute Gasteiger partial charge is 0.0496 e. The molecule has 0 aliphatic rings. The van der Waals surface area contributed by atoms with E-state index in [1.54, 1.807) is 0 Å². The van der Waals surface area contributed by atoms with E-state index in [4.69, 9.17) is 0 Å². The molecule has 1 aromatic carbocycles. The highest BCUT2D eigenvalue weighted by Gasteiger charge is 1.91. The van der Waals surface area contributed by atoms with E-state index in [9.17, 15) is 4.91 Å². The van der Waals surface area contributed by atoms with Gasteiger partial charge in [0.1, 0.15) is 0 Å². The molecule has 0 fully saturated rings. The number of nitrogens with zero attached hydrogens (tertiary/aromatic N) is 1. The Hall–Kier alpha value is -0.900. The van der Waals surface area contributed by atoms with E-state index in [-0.39, 0.29) is 0 Å². The number of rotatable bonds is 4. The summed E-state index contributed by atoms with van der Waals surface area (Å²) in [7, 11) is 0. The first-order chi connectivity index (χ1) is 5.83. The summed E-state index contributed by atoms with van der Waals surface area (Å²) in [6, 6.07) is 7.97. The van der Waals surface area contributed by atoms with Gasteiger partial charge in [0.25, 0.3) is 0 Å². The van der Waals surface area contributed by atoms with Crippen LogP contribution >= 0.6 is 15.9 Å². The second-order valence-electron chi connectivity index (χ2n) is 2.38. The Morgan fingerprint density at radius 2 is 2.00 bits per heavy atom. The van der Waals surface area contributed by atoms with Crippen molar-refractivity contribution in [1.82, 2.24) is 5.43 Å². The van der Waals surface area contributed by atoms with E-state index < -0.39 is 0 Å². The van der Waals surface area contributed by atoms with Gasteiger partial charge in [0, 0.05) is 16.3 Å². The standard InChI is InChI=1S/C8H9BrN2O/c9-8-3-1-7(2-4-8)5-6-10-11-12/h1-4H,5-6H2,(H,10,12). The molecule has 4 heteroatoms. The maximum Gasteiger partial charge on any atom is 0.0496 e. The second kappa shape index (κ2) is 4.87. The van der Waals surface area contributed by atoms with Gasteiger partial charge in [-0.25, -0.2) is 0 Å². The molecule has 3 nitrogen and oxygen atoms in total. The lowest BCUT2D eigenvalue weighted by molar-refractivity contribution is 0.724. The van der Waals surface area contributed by atoms with Gasteiger partial charge in [-0.3, -0.25) is 5.43 Å². The molecule has 0 aliphatic heterocycles. The fourth-order valence-electron chi connectivity index (χ4n) is 0.897. The van der Waals surface area contributed by atoms with Crippen LogP contribution in [0.15, 0.2) is 34.0 Å². The lowest BCUT2D eigenvalue weighted by Crippen LogP contribution is -2.08. The van der Waals surface area contributed by atoms with Crippen molar-refractivity contribution in [2.75, 3.05) is 6.54 Å². The molecule has 0 aromatic heterocycles. The molecule has 0 aliphatic carbocycles. The van der Waals surface area contributed by atoms with Crippen molar-refractivity contribution < 1.29 is 0 Å². The zero-order chi connectivity index (χ0) is 8.81. The Kier molecular flexibility index (Phi) is 3.73. The van der Waals surface area contributed by atoms with E-state index in [1.807, 2.05) is 24.3 Å². The summed E-state index contributed by atoms with van der Waals surface area (Å²) in [5.74, 6) is 0. The molecular formula is C8H9BrN2O. The summed E-state index contributed by atoms with van der Waals surface area (Å²) in [6.45, 7) is 0.588. The number of benzene rings is 1. The lowest BCUT2D eigenvalue weighted by Gasteiger charge is -1.98. The lowest BCUT2D eigenvalue weighted by atomic mass is 10.2. The first kappa shape index (κ1) is 9.19. The minimum Gasteiger partial charge on any atom is -0.273 e. The molecule has 1 N–H and O–H groups in total. The summed E-state index contributed by atoms with van der Waals surface area (Å²) in [5.41, 5.74) is 3.56. The Bertz CT molecular complexity index is 248. The first-order valence-corrected chi connectivity index (χ1v) is 4.42. The van der Waals surface area contributed by atoms with E-state index in [1.165, 1.54) is 5.56 Å². The summed E-state index contributed by atoms with van der Waals surface area (Å²) in [6.07, 6.45) is 0.818. The molecule has 0 spiro atoms. The summed E-state index contributed by atoms with van der Waals surface area (Å²) >= 11 is 3.34. The highest BCUT2D eigenvalue weighted by molar-refractivity contribution is 9.10. The van der Waals surface area contributed by atoms with Gasteiger partial charge in [0.15, 0.2) is 0 Å². The number of hydrogen-bond acceptors (Lipinski definition) is 2. The maximum absolute atomic E-state index is 9.68. The molecule has 0 amide bonds. The Labute approximate surface area is 79.2 Å². The van der Waals surface area contributed by atoms with Gasteiger partial charge in [-0.05, 0) is 24.1 Å². The van der Waals surface area contributed by atoms with Crippen LogP contribution in [0.3, 0.4) is 0 Å². The minimum absolute atomic E-state index is 0.588. The molecule has 0 bridgehead atoms. The zero-order valence-electron chi connectivity index (χ0n) is 6.46. The third kappa shape index (κ3) is 3.00. The highest BCUT2D eigenvalue weighted by atomic mass is 79.9. The summed E-state index contributed by atoms with van der Waals surface area (Å²) in [4.78, 5) is 9.68. The van der Waals surface area contributed by atoms with E-state index >= 15 is 0 Å². The van der Waals surface area contributed by atoms with Crippen LogP contribution in [-0.2, 0) is 6.42 Å². The van der Waals surface area contributed by atoms with Gasteiger partial charge in [-0.1, -0.05) is 28.1 Å². The van der Waals surface area contributed by atoms with Crippen molar-refractivity contribution in [3.8, 4) is 0 Å². The predicted octanol–water partition coefficient (Wildman–Crippen LogP) is 2.26. The maximum atomic E-state index is 9.68. The van der Waals surface area contributed by atoms with Gasteiger partial charge in [-0.2, -0.15) is 0 Å². The van der Waals surface area contributed by atoms with Crippen molar-refractivity contribution >= 4 is 15.9 Å². The van der Waals surface area contributed by atoms with Crippen molar-refractivity contribution in [3.05, 3.63) is 39.2 Å². The molecule has 0 heterocycles. The average Bonchev–Trinajstić information content (AvgIpc) is 2.09. The van der Waals surface area contributed by atoms with Crippen LogP contribution in [-0.4, -0.2) is 6.54 Å². The number of halogens is 1. The molecule has 0 atom stereocenters. The van der Waals surface area contributed by atoms with Crippen LogP contribution in [0.1, 0.15) is 5.56 Å². The molecule has 64 valence electrons. The van der Waals surface area contributed by atoms with Crippen LogP contribution in [0.5, 0.6) is 0 Å². The Morgan fingerprint density at radius 3 is 2.58 bits per heavy atom. The third-order valence-corrected chi connectivity index (χ3v) is 2.03. The fourth-order valence-corrected chi connectivity index (χ4v) is 1.16. The average molecular weight is 229 g/mol. The van der Waals surface area contributed by atoms with Gasteiger partial charge in [0.2, 0.25) is 0 Å². The van der Waals surface area contributed by atoms with Crippen molar-refractivity contribution in [3.63, 3.8) is 0 Å². The van der Waals surface area contributed by atoms with Crippen LogP contribution in [0.4, 0.5) is 0 Å². The van der Waals surface area contributed by atoms with Crippen molar-refractivity contribution in [2.45, 2.75) is 6.42 Å². The Balaban J connectivity index is 2.42. The van der Waals surface area contributed by atoms with Crippen LogP contribution in [0.2, 0.25) is 0 Å². The van der Waals surface area contributed by atoms with Gasteiger partial charge in [-0.15, -0.1) is 4.91 Å². The van der Waals surface area contributed by atoms with Crippen LogP contribution in [0.25, 0.3) is 0 Å². The van der Waals surface area contributed by atoms with E-state index in [2.05, 4.69) is 26.6 Å². The topological polar surface area (TPSA) is 41.5 Å². The third-order valence-electron chi connectivity index (χ3n) is 1.50. The van der Waals surface area contributed by atoms with E-state index in [0.717, 1.165) is 10.9 Å². The van der Waals surface area contributed by atoms with Gasteiger partial charge in [0.05, 0.1) is 0 Å². The first-order valence-electron chi connectivity index (χ1n) is 3.62. The monoisotopic (exact) mass is 228 g/mol. The predicted molar refractivity (Wildman–Crippen MR) is 51.6 cm³/mol. The molecule has 1 aromatic rings. The largest absolute Gasteiger partial charge is 0.273 e. The zero-order valence-corrected chi connectivity index (χ0v) is 8.04. The molecule has 12 heavy (non-hydrogen) atoms. The van der Waals surface area contributed by atoms with Crippen LogP contribution < -0.4 is 5.43 Å². The fraction of sp³-hybridized carbons (Fsp3) is 0.250. The molecule has 0 radical (unpaired) electrons. The SMILES string of the molecule is O=NNCCc1ccc(Br)cc1. The molecule has 0 unspecified atom stereocenters. The number of nitrogens with one attached hydrogen (secondary N) is 1. The van der Waals surface area contributed by atoms with Crippen molar-refractivity contribution in [2.24, 2.45) is 5.29 Å². The molecule has 0 saturated heterocycles. The minimum atomic E-state index is 0.588.